The first-order chi connectivity index (χ1) is 8.79. The average molecular weight is 272 g/mol. The molecule has 0 saturated carbocycles. The monoisotopic (exact) mass is 272 g/mol. The Morgan fingerprint density at radius 2 is 2.16 bits per heavy atom. The number of aromatic carboxylic acids is 1. The molecule has 8 heteroatoms. The molecule has 7 nitrogen and oxygen atoms in total. The van der Waals surface area contributed by atoms with Crippen LogP contribution in [0.2, 0.25) is 0 Å². The van der Waals surface area contributed by atoms with E-state index in [0.29, 0.717) is 6.07 Å². The Labute approximate surface area is 108 Å². The number of benzene rings is 1. The molecule has 1 rings (SSSR count). The topological polar surface area (TPSA) is 104 Å². The van der Waals surface area contributed by atoms with Gasteiger partial charge >= 0.3 is 5.97 Å². The number of carboxylic acids is 1. The van der Waals surface area contributed by atoms with Crippen LogP contribution in [-0.4, -0.2) is 40.8 Å². The Morgan fingerprint density at radius 1 is 1.58 bits per heavy atom. The maximum Gasteiger partial charge on any atom is 0.338 e. The van der Waals surface area contributed by atoms with E-state index in [1.165, 1.54) is 11.9 Å². The van der Waals surface area contributed by atoms with Crippen molar-refractivity contribution in [3.8, 4) is 0 Å². The first-order valence-electron chi connectivity index (χ1n) is 5.34. The number of nitrogens with zero attached hydrogens (tertiary/aromatic N) is 2. The van der Waals surface area contributed by atoms with Crippen molar-refractivity contribution in [1.82, 2.24) is 0 Å². The molecule has 0 radical (unpaired) electrons. The molecule has 2 N–H and O–H groups in total. The van der Waals surface area contributed by atoms with E-state index in [0.717, 1.165) is 6.07 Å². The molecule has 1 aromatic carbocycles. The lowest BCUT2D eigenvalue weighted by atomic mass is 10.1. The van der Waals surface area contributed by atoms with Gasteiger partial charge in [-0.2, -0.15) is 0 Å². The zero-order chi connectivity index (χ0) is 14.7. The average Bonchev–Trinajstić information content (AvgIpc) is 2.35. The number of carboxylic acid groups (broad SMARTS) is 1. The van der Waals surface area contributed by atoms with E-state index in [-0.39, 0.29) is 12.3 Å². The third kappa shape index (κ3) is 2.97. The van der Waals surface area contributed by atoms with Crippen molar-refractivity contribution in [3.05, 3.63) is 33.6 Å². The molecular formula is C11H13FN2O5. The molecular weight excluding hydrogens is 259 g/mol. The smallest absolute Gasteiger partial charge is 0.338 e. The van der Waals surface area contributed by atoms with Gasteiger partial charge in [-0.15, -0.1) is 0 Å². The normalized spacial score (nSPS) is 12.0. The van der Waals surface area contributed by atoms with Gasteiger partial charge in [0.2, 0.25) is 0 Å². The first kappa shape index (κ1) is 14.8. The Hall–Kier alpha value is -2.22. The van der Waals surface area contributed by atoms with Gasteiger partial charge < -0.3 is 15.1 Å². The third-order valence-electron chi connectivity index (χ3n) is 2.80. The minimum absolute atomic E-state index is 0.0645. The van der Waals surface area contributed by atoms with Crippen LogP contribution >= 0.6 is 0 Å². The zero-order valence-electron chi connectivity index (χ0n) is 10.3. The summed E-state index contributed by atoms with van der Waals surface area (Å²) in [6.45, 7) is 1.31. The number of nitro groups is 1. The molecule has 19 heavy (non-hydrogen) atoms. The lowest BCUT2D eigenvalue weighted by molar-refractivity contribution is -0.384. The highest BCUT2D eigenvalue weighted by Gasteiger charge is 2.25. The van der Waals surface area contributed by atoms with Gasteiger partial charge in [-0.1, -0.05) is 0 Å². The lowest BCUT2D eigenvalue weighted by Gasteiger charge is -2.25. The van der Waals surface area contributed by atoms with Crippen LogP contribution < -0.4 is 4.90 Å². The van der Waals surface area contributed by atoms with Crippen molar-refractivity contribution >= 4 is 17.3 Å². The molecule has 0 heterocycles. The summed E-state index contributed by atoms with van der Waals surface area (Å²) in [7, 11) is 1.45. The number of rotatable bonds is 5. The van der Waals surface area contributed by atoms with E-state index in [1.807, 2.05) is 0 Å². The van der Waals surface area contributed by atoms with Crippen molar-refractivity contribution in [3.63, 3.8) is 0 Å². The lowest BCUT2D eigenvalue weighted by Crippen LogP contribution is -2.32. The molecule has 0 aliphatic rings. The molecule has 1 aromatic rings. The van der Waals surface area contributed by atoms with Crippen molar-refractivity contribution in [2.45, 2.75) is 13.0 Å². The Balaban J connectivity index is 3.45. The molecule has 0 aromatic heterocycles. The van der Waals surface area contributed by atoms with Gasteiger partial charge in [0.25, 0.3) is 5.69 Å². The van der Waals surface area contributed by atoms with Gasteiger partial charge in [0.15, 0.2) is 0 Å². The molecule has 0 fully saturated rings. The largest absolute Gasteiger partial charge is 0.478 e. The van der Waals surface area contributed by atoms with Gasteiger partial charge in [-0.25, -0.2) is 9.18 Å². The van der Waals surface area contributed by atoms with Gasteiger partial charge in [0.05, 0.1) is 23.2 Å². The summed E-state index contributed by atoms with van der Waals surface area (Å²) in [5, 5.41) is 28.7. The summed E-state index contributed by atoms with van der Waals surface area (Å²) < 4.78 is 13.4. The minimum Gasteiger partial charge on any atom is -0.478 e. The van der Waals surface area contributed by atoms with Crippen LogP contribution in [0.15, 0.2) is 12.1 Å². The third-order valence-corrected chi connectivity index (χ3v) is 2.80. The highest BCUT2D eigenvalue weighted by Crippen LogP contribution is 2.31. The molecule has 0 aliphatic carbocycles. The predicted molar refractivity (Wildman–Crippen MR) is 65.0 cm³/mol. The van der Waals surface area contributed by atoms with Crippen LogP contribution in [0.3, 0.4) is 0 Å². The van der Waals surface area contributed by atoms with Crippen LogP contribution in [0.1, 0.15) is 17.3 Å². The number of carbonyl (C=O) groups is 1. The quantitative estimate of drug-likeness (QED) is 0.617. The fraction of sp³-hybridized carbons (Fsp3) is 0.364. The maximum absolute atomic E-state index is 13.4. The predicted octanol–water partition coefficient (Wildman–Crippen LogP) is 1.25. The number of nitro benzene ring substituents is 1. The van der Waals surface area contributed by atoms with Crippen LogP contribution in [0.5, 0.6) is 0 Å². The van der Waals surface area contributed by atoms with E-state index in [1.54, 1.807) is 6.92 Å². The fourth-order valence-corrected chi connectivity index (χ4v) is 1.50. The van der Waals surface area contributed by atoms with E-state index >= 15 is 0 Å². The van der Waals surface area contributed by atoms with Crippen LogP contribution in [0.4, 0.5) is 15.8 Å². The fourth-order valence-electron chi connectivity index (χ4n) is 1.50. The highest BCUT2D eigenvalue weighted by atomic mass is 19.1. The second-order valence-electron chi connectivity index (χ2n) is 4.03. The Bertz CT molecular complexity index is 520. The van der Waals surface area contributed by atoms with Crippen LogP contribution in [-0.2, 0) is 0 Å². The second-order valence-corrected chi connectivity index (χ2v) is 4.03. The summed E-state index contributed by atoms with van der Waals surface area (Å²) >= 11 is 0. The number of hydrogen-bond acceptors (Lipinski definition) is 5. The molecule has 0 saturated heterocycles. The maximum atomic E-state index is 13.4. The molecule has 1 atom stereocenters. The van der Waals surface area contributed by atoms with Crippen molar-refractivity contribution in [1.29, 1.82) is 0 Å². The molecule has 0 bridgehead atoms. The number of aliphatic hydroxyl groups is 1. The zero-order valence-corrected chi connectivity index (χ0v) is 10.3. The van der Waals surface area contributed by atoms with Gasteiger partial charge in [-0.05, 0) is 13.0 Å². The Kier molecular flexibility index (Phi) is 4.38. The van der Waals surface area contributed by atoms with E-state index in [2.05, 4.69) is 0 Å². The summed E-state index contributed by atoms with van der Waals surface area (Å²) in [5.74, 6) is -2.69. The molecule has 0 amide bonds. The minimum atomic E-state index is -1.52. The molecule has 0 spiro atoms. The standard InChI is InChI=1S/C11H13FN2O5/c1-6(5-15)13(2)9-3-7(11(16)17)8(12)4-10(9)14(18)19/h3-4,6,15H,5H2,1-2H3,(H,16,17). The Morgan fingerprint density at radius 3 is 2.58 bits per heavy atom. The summed E-state index contributed by atoms with van der Waals surface area (Å²) in [4.78, 5) is 22.2. The summed E-state index contributed by atoms with van der Waals surface area (Å²) in [5.41, 5.74) is -1.27. The molecule has 0 aliphatic heterocycles. The SMILES string of the molecule is CC(CO)N(C)c1cc(C(=O)O)c(F)cc1[N+](=O)[O-]. The van der Waals surface area contributed by atoms with Crippen molar-refractivity contribution in [2.75, 3.05) is 18.6 Å². The number of halogens is 1. The van der Waals surface area contributed by atoms with Gasteiger partial charge in [0.1, 0.15) is 11.5 Å². The highest BCUT2D eigenvalue weighted by molar-refractivity contribution is 5.90. The van der Waals surface area contributed by atoms with E-state index in [4.69, 9.17) is 10.2 Å². The van der Waals surface area contributed by atoms with E-state index < -0.39 is 34.0 Å². The molecule has 104 valence electrons. The summed E-state index contributed by atoms with van der Waals surface area (Å²) in [6.07, 6.45) is 0. The first-order valence-corrected chi connectivity index (χ1v) is 5.34. The number of anilines is 1. The van der Waals surface area contributed by atoms with Gasteiger partial charge in [0, 0.05) is 13.1 Å². The van der Waals surface area contributed by atoms with Crippen molar-refractivity contribution in [2.24, 2.45) is 0 Å². The van der Waals surface area contributed by atoms with Crippen LogP contribution in [0.25, 0.3) is 0 Å². The van der Waals surface area contributed by atoms with Gasteiger partial charge in [-0.3, -0.25) is 10.1 Å². The number of hydrogen-bond donors (Lipinski definition) is 2. The summed E-state index contributed by atoms with van der Waals surface area (Å²) in [6, 6.07) is 0.979. The molecule has 1 unspecified atom stereocenters. The number of likely N-dealkylation sites (N-methyl/N-ethyl adjacent to an activating group) is 1. The van der Waals surface area contributed by atoms with E-state index in [9.17, 15) is 19.3 Å². The second kappa shape index (κ2) is 5.61. The van der Waals surface area contributed by atoms with Crippen molar-refractivity contribution < 1.29 is 24.3 Å². The number of aliphatic hydroxyl groups excluding tert-OH is 1. The van der Waals surface area contributed by atoms with Crippen LogP contribution in [0, 0.1) is 15.9 Å².